The van der Waals surface area contributed by atoms with Crippen molar-refractivity contribution in [2.75, 3.05) is 0 Å². The molecule has 0 amide bonds. The summed E-state index contributed by atoms with van der Waals surface area (Å²) in [4.78, 5) is 0. The summed E-state index contributed by atoms with van der Waals surface area (Å²) in [6.07, 6.45) is 2.20. The van der Waals surface area contributed by atoms with Gasteiger partial charge in [0.15, 0.2) is 0 Å². The average Bonchev–Trinajstić information content (AvgIpc) is 3.17. The van der Waals surface area contributed by atoms with Crippen molar-refractivity contribution in [2.45, 2.75) is 18.4 Å². The van der Waals surface area contributed by atoms with Gasteiger partial charge in [-0.1, -0.05) is 42.2 Å². The van der Waals surface area contributed by atoms with Crippen LogP contribution in [0.4, 0.5) is 0 Å². The van der Waals surface area contributed by atoms with E-state index in [4.69, 9.17) is 5.73 Å². The molecule has 1 aliphatic rings. The molecule has 0 spiro atoms. The summed E-state index contributed by atoms with van der Waals surface area (Å²) in [5.74, 6) is 6.32. The molecule has 96 valence electrons. The van der Waals surface area contributed by atoms with Gasteiger partial charge in [0.2, 0.25) is 0 Å². The summed E-state index contributed by atoms with van der Waals surface area (Å²) >= 11 is 0. The molecule has 0 aromatic heterocycles. The highest BCUT2D eigenvalue weighted by molar-refractivity contribution is 5.85. The van der Waals surface area contributed by atoms with Gasteiger partial charge in [-0.05, 0) is 42.7 Å². The van der Waals surface area contributed by atoms with Crippen LogP contribution in [0.2, 0.25) is 0 Å². The van der Waals surface area contributed by atoms with E-state index in [0.29, 0.717) is 0 Å². The molecule has 0 atom stereocenters. The minimum atomic E-state index is -0.0502. The Labute approximate surface area is 120 Å². The lowest BCUT2D eigenvalue weighted by Crippen LogP contribution is -2.18. The van der Waals surface area contributed by atoms with Crippen molar-refractivity contribution in [3.8, 4) is 11.8 Å². The number of rotatable bonds is 1. The van der Waals surface area contributed by atoms with Crippen LogP contribution in [0.3, 0.4) is 0 Å². The van der Waals surface area contributed by atoms with E-state index in [-0.39, 0.29) is 17.9 Å². The molecule has 0 unspecified atom stereocenters. The molecular weight excluding hydrogens is 254 g/mol. The second kappa shape index (κ2) is 5.48. The van der Waals surface area contributed by atoms with Crippen molar-refractivity contribution in [1.29, 1.82) is 0 Å². The topological polar surface area (TPSA) is 26.0 Å². The van der Waals surface area contributed by atoms with E-state index in [0.717, 1.165) is 24.0 Å². The zero-order valence-corrected chi connectivity index (χ0v) is 11.4. The van der Waals surface area contributed by atoms with E-state index >= 15 is 0 Å². The summed E-state index contributed by atoms with van der Waals surface area (Å²) in [6, 6.07) is 18.3. The van der Waals surface area contributed by atoms with Crippen LogP contribution in [0.25, 0.3) is 0 Å². The molecule has 0 bridgehead atoms. The maximum atomic E-state index is 6.15. The number of hydrogen-bond acceptors (Lipinski definition) is 1. The molecule has 0 heterocycles. The molecule has 1 nitrogen and oxygen atoms in total. The van der Waals surface area contributed by atoms with E-state index in [9.17, 15) is 0 Å². The Balaban J connectivity index is 0.00000133. The van der Waals surface area contributed by atoms with Gasteiger partial charge in [0, 0.05) is 16.7 Å². The Bertz CT molecular complexity index is 601. The number of hydrogen-bond donors (Lipinski definition) is 1. The third-order valence-corrected chi connectivity index (χ3v) is 3.37. The fraction of sp³-hybridized carbons (Fsp3) is 0.176. The Hall–Kier alpha value is -1.75. The van der Waals surface area contributed by atoms with Crippen LogP contribution in [0, 0.1) is 11.8 Å². The lowest BCUT2D eigenvalue weighted by Gasteiger charge is -2.07. The summed E-state index contributed by atoms with van der Waals surface area (Å²) in [7, 11) is 0. The van der Waals surface area contributed by atoms with Crippen LogP contribution in [-0.2, 0) is 5.54 Å². The second-order valence-electron chi connectivity index (χ2n) is 4.85. The first-order valence-electron chi connectivity index (χ1n) is 6.23. The molecule has 0 aliphatic heterocycles. The Morgan fingerprint density at radius 1 is 0.789 bits per heavy atom. The van der Waals surface area contributed by atoms with Crippen LogP contribution in [0.15, 0.2) is 54.6 Å². The molecule has 2 aromatic rings. The first-order chi connectivity index (χ1) is 8.76. The minimum absolute atomic E-state index is 0. The van der Waals surface area contributed by atoms with Crippen molar-refractivity contribution in [3.63, 3.8) is 0 Å². The van der Waals surface area contributed by atoms with Gasteiger partial charge in [-0.25, -0.2) is 0 Å². The summed E-state index contributed by atoms with van der Waals surface area (Å²) in [5, 5.41) is 0. The standard InChI is InChI=1S/C17H15N.ClH/c18-17(12-13-17)16-10-8-15(9-11-16)7-6-14-4-2-1-3-5-14;/h1-5,8-11H,12-13,18H2;1H. The Kier molecular flexibility index (Phi) is 3.95. The third kappa shape index (κ3) is 3.17. The minimum Gasteiger partial charge on any atom is -0.321 e. The zero-order valence-electron chi connectivity index (χ0n) is 10.6. The summed E-state index contributed by atoms with van der Waals surface area (Å²) < 4.78 is 0. The van der Waals surface area contributed by atoms with E-state index < -0.39 is 0 Å². The predicted octanol–water partition coefficient (Wildman–Crippen LogP) is 3.46. The van der Waals surface area contributed by atoms with Crippen molar-refractivity contribution >= 4 is 12.4 Å². The van der Waals surface area contributed by atoms with Gasteiger partial charge in [-0.2, -0.15) is 0 Å². The summed E-state index contributed by atoms with van der Waals surface area (Å²) in [6.45, 7) is 0. The van der Waals surface area contributed by atoms with Crippen molar-refractivity contribution in [3.05, 3.63) is 71.3 Å². The molecule has 3 rings (SSSR count). The van der Waals surface area contributed by atoms with Crippen LogP contribution >= 0.6 is 12.4 Å². The smallest absolute Gasteiger partial charge is 0.0411 e. The van der Waals surface area contributed by atoms with Crippen molar-refractivity contribution < 1.29 is 0 Å². The summed E-state index contributed by atoms with van der Waals surface area (Å²) in [5.41, 5.74) is 9.40. The highest BCUT2D eigenvalue weighted by Gasteiger charge is 2.39. The van der Waals surface area contributed by atoms with E-state index in [1.54, 1.807) is 0 Å². The van der Waals surface area contributed by atoms with E-state index in [2.05, 4.69) is 36.1 Å². The Morgan fingerprint density at radius 2 is 1.32 bits per heavy atom. The SMILES string of the molecule is Cl.NC1(c2ccc(C#Cc3ccccc3)cc2)CC1. The molecule has 2 N–H and O–H groups in total. The number of benzene rings is 2. The molecule has 0 saturated heterocycles. The van der Waals surface area contributed by atoms with Crippen LogP contribution < -0.4 is 5.73 Å². The molecular formula is C17H16ClN. The van der Waals surface area contributed by atoms with Gasteiger partial charge >= 0.3 is 0 Å². The van der Waals surface area contributed by atoms with Crippen LogP contribution in [0.1, 0.15) is 29.5 Å². The molecule has 0 radical (unpaired) electrons. The molecule has 1 saturated carbocycles. The average molecular weight is 270 g/mol. The van der Waals surface area contributed by atoms with Crippen LogP contribution in [-0.4, -0.2) is 0 Å². The highest BCUT2D eigenvalue weighted by atomic mass is 35.5. The van der Waals surface area contributed by atoms with Gasteiger partial charge in [-0.3, -0.25) is 0 Å². The van der Waals surface area contributed by atoms with E-state index in [1.807, 2.05) is 30.3 Å². The number of nitrogens with two attached hydrogens (primary N) is 1. The van der Waals surface area contributed by atoms with Gasteiger partial charge in [0.25, 0.3) is 0 Å². The molecule has 1 aliphatic carbocycles. The fourth-order valence-electron chi connectivity index (χ4n) is 1.97. The van der Waals surface area contributed by atoms with Crippen LogP contribution in [0.5, 0.6) is 0 Å². The molecule has 19 heavy (non-hydrogen) atoms. The lowest BCUT2D eigenvalue weighted by molar-refractivity contribution is 0.740. The van der Waals surface area contributed by atoms with Gasteiger partial charge in [0.1, 0.15) is 0 Å². The maximum Gasteiger partial charge on any atom is 0.0411 e. The molecule has 2 heteroatoms. The number of halogens is 1. The van der Waals surface area contributed by atoms with Gasteiger partial charge in [0.05, 0.1) is 0 Å². The lowest BCUT2D eigenvalue weighted by atomic mass is 10.0. The third-order valence-electron chi connectivity index (χ3n) is 3.37. The first-order valence-corrected chi connectivity index (χ1v) is 6.23. The molecule has 2 aromatic carbocycles. The predicted molar refractivity (Wildman–Crippen MR) is 81.2 cm³/mol. The molecule has 1 fully saturated rings. The zero-order chi connectivity index (χ0) is 12.4. The maximum absolute atomic E-state index is 6.15. The van der Waals surface area contributed by atoms with Gasteiger partial charge < -0.3 is 5.73 Å². The van der Waals surface area contributed by atoms with E-state index in [1.165, 1.54) is 5.56 Å². The fourth-order valence-corrected chi connectivity index (χ4v) is 1.97. The van der Waals surface area contributed by atoms with Gasteiger partial charge in [-0.15, -0.1) is 12.4 Å². The second-order valence-corrected chi connectivity index (χ2v) is 4.85. The normalized spacial score (nSPS) is 14.8. The van der Waals surface area contributed by atoms with Crippen molar-refractivity contribution in [1.82, 2.24) is 0 Å². The highest BCUT2D eigenvalue weighted by Crippen LogP contribution is 2.42. The quantitative estimate of drug-likeness (QED) is 0.789. The monoisotopic (exact) mass is 269 g/mol. The van der Waals surface area contributed by atoms with Crippen molar-refractivity contribution in [2.24, 2.45) is 5.73 Å². The largest absolute Gasteiger partial charge is 0.321 e. The first kappa shape index (κ1) is 13.7. The Morgan fingerprint density at radius 3 is 1.84 bits per heavy atom.